The fourth-order valence-electron chi connectivity index (χ4n) is 2.32. The molecule has 1 saturated carbocycles. The summed E-state index contributed by atoms with van der Waals surface area (Å²) in [5.74, 6) is 0.678. The number of aromatic nitrogens is 2. The zero-order valence-corrected chi connectivity index (χ0v) is 11.8. The lowest BCUT2D eigenvalue weighted by molar-refractivity contribution is 0.101. The lowest BCUT2D eigenvalue weighted by Crippen LogP contribution is -2.06. The molecule has 1 aliphatic rings. The van der Waals surface area contributed by atoms with E-state index in [9.17, 15) is 4.79 Å². The molecule has 1 aliphatic carbocycles. The Morgan fingerprint density at radius 2 is 2.25 bits per heavy atom. The highest BCUT2D eigenvalue weighted by Gasteiger charge is 2.25. The minimum Gasteiger partial charge on any atom is -0.487 e. The largest absolute Gasteiger partial charge is 0.487 e. The highest BCUT2D eigenvalue weighted by atomic mass is 16.5. The van der Waals surface area contributed by atoms with Gasteiger partial charge in [-0.1, -0.05) is 6.07 Å². The molecule has 20 heavy (non-hydrogen) atoms. The Balaban J connectivity index is 1.79. The fourth-order valence-corrected chi connectivity index (χ4v) is 2.32. The maximum atomic E-state index is 11.6. The van der Waals surface area contributed by atoms with Crippen molar-refractivity contribution in [3.8, 4) is 5.75 Å². The van der Waals surface area contributed by atoms with Crippen LogP contribution in [0.2, 0.25) is 0 Å². The Bertz CT molecular complexity index is 642. The van der Waals surface area contributed by atoms with Crippen LogP contribution in [0.15, 0.2) is 30.7 Å². The summed E-state index contributed by atoms with van der Waals surface area (Å²) in [7, 11) is 0. The third-order valence-electron chi connectivity index (χ3n) is 3.58. The van der Waals surface area contributed by atoms with Crippen LogP contribution in [0.4, 0.5) is 0 Å². The normalized spacial score (nSPS) is 14.3. The second kappa shape index (κ2) is 5.12. The molecule has 0 saturated heterocycles. The fraction of sp³-hybridized carbons (Fsp3) is 0.375. The van der Waals surface area contributed by atoms with Crippen LogP contribution in [0, 0.1) is 6.92 Å². The van der Waals surface area contributed by atoms with Gasteiger partial charge < -0.3 is 9.30 Å². The highest BCUT2D eigenvalue weighted by Crippen LogP contribution is 2.35. The number of carbonyl (C=O) groups excluding carboxylic acids is 1. The number of ether oxygens (including phenoxy) is 1. The van der Waals surface area contributed by atoms with Crippen LogP contribution in [0.5, 0.6) is 5.75 Å². The van der Waals surface area contributed by atoms with Crippen molar-refractivity contribution in [3.63, 3.8) is 0 Å². The van der Waals surface area contributed by atoms with Crippen molar-refractivity contribution in [2.24, 2.45) is 0 Å². The van der Waals surface area contributed by atoms with E-state index in [0.29, 0.717) is 24.0 Å². The molecular formula is C16H18N2O2. The van der Waals surface area contributed by atoms with E-state index in [2.05, 4.69) is 9.55 Å². The van der Waals surface area contributed by atoms with Gasteiger partial charge in [0.15, 0.2) is 5.78 Å². The van der Waals surface area contributed by atoms with E-state index in [-0.39, 0.29) is 5.78 Å². The van der Waals surface area contributed by atoms with Gasteiger partial charge >= 0.3 is 0 Å². The summed E-state index contributed by atoms with van der Waals surface area (Å²) in [6, 6.07) is 6.25. The molecule has 0 amide bonds. The monoisotopic (exact) mass is 270 g/mol. The van der Waals surface area contributed by atoms with Gasteiger partial charge in [0, 0.05) is 6.04 Å². The van der Waals surface area contributed by atoms with Gasteiger partial charge in [-0.05, 0) is 44.4 Å². The molecule has 1 aromatic heterocycles. The van der Waals surface area contributed by atoms with E-state index in [1.807, 2.05) is 37.6 Å². The maximum Gasteiger partial charge on any atom is 0.163 e. The molecule has 1 fully saturated rings. The smallest absolute Gasteiger partial charge is 0.163 e. The van der Waals surface area contributed by atoms with E-state index in [4.69, 9.17) is 4.74 Å². The first-order chi connectivity index (χ1) is 9.65. The lowest BCUT2D eigenvalue weighted by atomic mass is 10.1. The summed E-state index contributed by atoms with van der Waals surface area (Å²) in [5.41, 5.74) is 2.78. The molecule has 0 spiro atoms. The molecular weight excluding hydrogens is 252 g/mol. The van der Waals surface area contributed by atoms with Crippen molar-refractivity contribution < 1.29 is 9.53 Å². The van der Waals surface area contributed by atoms with Crippen molar-refractivity contribution in [3.05, 3.63) is 47.5 Å². The second-order valence-electron chi connectivity index (χ2n) is 5.37. The molecule has 104 valence electrons. The third-order valence-corrected chi connectivity index (χ3v) is 3.58. The van der Waals surface area contributed by atoms with Crippen LogP contribution in [0.25, 0.3) is 0 Å². The van der Waals surface area contributed by atoms with Crippen LogP contribution in [-0.2, 0) is 6.61 Å². The van der Waals surface area contributed by atoms with Crippen molar-refractivity contribution in [1.29, 1.82) is 0 Å². The minimum atomic E-state index is 0.0238. The van der Waals surface area contributed by atoms with Gasteiger partial charge in [-0.15, -0.1) is 0 Å². The summed E-state index contributed by atoms with van der Waals surface area (Å²) in [4.78, 5) is 15.8. The van der Waals surface area contributed by atoms with Crippen molar-refractivity contribution in [2.75, 3.05) is 0 Å². The first-order valence-corrected chi connectivity index (χ1v) is 6.90. The molecule has 4 heteroatoms. The molecule has 1 heterocycles. The number of ketones is 1. The first kappa shape index (κ1) is 12.9. The zero-order chi connectivity index (χ0) is 14.1. The average Bonchev–Trinajstić information content (AvgIpc) is 3.15. The molecule has 0 aliphatic heterocycles. The quantitative estimate of drug-likeness (QED) is 0.783. The molecule has 2 aromatic rings. The summed E-state index contributed by atoms with van der Waals surface area (Å²) in [5, 5.41) is 0. The average molecular weight is 270 g/mol. The van der Waals surface area contributed by atoms with Gasteiger partial charge in [0.1, 0.15) is 12.4 Å². The number of rotatable bonds is 5. The van der Waals surface area contributed by atoms with Gasteiger partial charge in [0.25, 0.3) is 0 Å². The molecule has 0 N–H and O–H groups in total. The number of benzene rings is 1. The summed E-state index contributed by atoms with van der Waals surface area (Å²) >= 11 is 0. The summed E-state index contributed by atoms with van der Waals surface area (Å²) in [6.07, 6.45) is 6.12. The highest BCUT2D eigenvalue weighted by molar-refractivity contribution is 5.96. The number of hydrogen-bond donors (Lipinski definition) is 0. The Labute approximate surface area is 118 Å². The van der Waals surface area contributed by atoms with Crippen molar-refractivity contribution in [2.45, 2.75) is 39.3 Å². The Morgan fingerprint density at radius 1 is 1.45 bits per heavy atom. The first-order valence-electron chi connectivity index (χ1n) is 6.90. The summed E-state index contributed by atoms with van der Waals surface area (Å²) in [6.45, 7) is 4.00. The molecule has 0 radical (unpaired) electrons. The number of hydrogen-bond acceptors (Lipinski definition) is 3. The predicted octanol–water partition coefficient (Wildman–Crippen LogP) is 3.31. The predicted molar refractivity (Wildman–Crippen MR) is 76.0 cm³/mol. The Hall–Kier alpha value is -2.10. The number of Topliss-reactive ketones (excluding diaryl/α,β-unsaturated/α-hetero) is 1. The molecule has 3 rings (SSSR count). The Morgan fingerprint density at radius 3 is 2.95 bits per heavy atom. The van der Waals surface area contributed by atoms with Crippen LogP contribution in [0.1, 0.15) is 47.4 Å². The van der Waals surface area contributed by atoms with Gasteiger partial charge in [-0.2, -0.15) is 0 Å². The van der Waals surface area contributed by atoms with Gasteiger partial charge in [0.2, 0.25) is 0 Å². The van der Waals surface area contributed by atoms with Crippen LogP contribution in [0.3, 0.4) is 0 Å². The van der Waals surface area contributed by atoms with E-state index in [0.717, 1.165) is 11.3 Å². The number of aryl methyl sites for hydroxylation is 1. The maximum absolute atomic E-state index is 11.6. The molecule has 1 aromatic carbocycles. The third kappa shape index (κ3) is 2.59. The standard InChI is InChI=1S/C16H18N2O2/c1-11-3-6-15(12(2)19)16(7-11)20-9-14-8-17-10-18(14)13-4-5-13/h3,6-8,10,13H,4-5,9H2,1-2H3. The molecule has 0 atom stereocenters. The van der Waals surface area contributed by atoms with Crippen LogP contribution in [-0.4, -0.2) is 15.3 Å². The van der Waals surface area contributed by atoms with Gasteiger partial charge in [0.05, 0.1) is 23.8 Å². The van der Waals surface area contributed by atoms with E-state index >= 15 is 0 Å². The SMILES string of the molecule is CC(=O)c1ccc(C)cc1OCc1cncn1C1CC1. The Kier molecular flexibility index (Phi) is 3.30. The number of imidazole rings is 1. The van der Waals surface area contributed by atoms with Crippen molar-refractivity contribution >= 4 is 5.78 Å². The molecule has 0 unspecified atom stereocenters. The van der Waals surface area contributed by atoms with E-state index < -0.39 is 0 Å². The zero-order valence-electron chi connectivity index (χ0n) is 11.8. The van der Waals surface area contributed by atoms with Crippen LogP contribution < -0.4 is 4.74 Å². The van der Waals surface area contributed by atoms with Crippen molar-refractivity contribution in [1.82, 2.24) is 9.55 Å². The molecule has 4 nitrogen and oxygen atoms in total. The molecule has 0 bridgehead atoms. The lowest BCUT2D eigenvalue weighted by Gasteiger charge is -2.12. The summed E-state index contributed by atoms with van der Waals surface area (Å²) < 4.78 is 8.03. The van der Waals surface area contributed by atoms with Gasteiger partial charge in [-0.3, -0.25) is 4.79 Å². The number of carbonyl (C=O) groups is 1. The van der Waals surface area contributed by atoms with E-state index in [1.165, 1.54) is 12.8 Å². The van der Waals surface area contributed by atoms with Gasteiger partial charge in [-0.25, -0.2) is 4.98 Å². The minimum absolute atomic E-state index is 0.0238. The second-order valence-corrected chi connectivity index (χ2v) is 5.37. The van der Waals surface area contributed by atoms with E-state index in [1.54, 1.807) is 6.92 Å². The topological polar surface area (TPSA) is 44.1 Å². The number of nitrogens with zero attached hydrogens (tertiary/aromatic N) is 2. The van der Waals surface area contributed by atoms with Crippen LogP contribution >= 0.6 is 0 Å².